The number of nitrogens with one attached hydrogen (secondary N) is 1. The van der Waals surface area contributed by atoms with Crippen LogP contribution in [0, 0.1) is 6.92 Å². The van der Waals surface area contributed by atoms with Crippen molar-refractivity contribution in [3.05, 3.63) is 60.0 Å². The van der Waals surface area contributed by atoms with Gasteiger partial charge in [0.05, 0.1) is 5.69 Å². The molecule has 0 fully saturated rings. The van der Waals surface area contributed by atoms with Crippen molar-refractivity contribution in [2.45, 2.75) is 19.4 Å². The number of benzene rings is 1. The van der Waals surface area contributed by atoms with Gasteiger partial charge in [0.25, 0.3) is 0 Å². The van der Waals surface area contributed by atoms with E-state index in [1.54, 1.807) is 6.20 Å². The molecule has 4 nitrogen and oxygen atoms in total. The Kier molecular flexibility index (Phi) is 4.06. The molecular weight excluding hydrogens is 284 g/mol. The number of hydrogen-bond acceptors (Lipinski definition) is 3. The van der Waals surface area contributed by atoms with E-state index in [0.29, 0.717) is 5.88 Å². The summed E-state index contributed by atoms with van der Waals surface area (Å²) < 4.78 is 1.83. The Bertz CT molecular complexity index is 723. The molecule has 2 aromatic heterocycles. The topological polar surface area (TPSA) is 42.2 Å². The van der Waals surface area contributed by atoms with Gasteiger partial charge in [0.15, 0.2) is 5.82 Å². The Morgan fingerprint density at radius 2 is 2.10 bits per heavy atom. The van der Waals surface area contributed by atoms with E-state index in [1.807, 2.05) is 41.9 Å². The SMILES string of the molecule is Cc1cc2c(NC(CCl)Cc3ccccc3)nccn2n1. The van der Waals surface area contributed by atoms with Crippen molar-refractivity contribution < 1.29 is 0 Å². The quantitative estimate of drug-likeness (QED) is 0.735. The molecule has 2 heterocycles. The molecule has 0 radical (unpaired) electrons. The average Bonchev–Trinajstić information content (AvgIpc) is 2.89. The lowest BCUT2D eigenvalue weighted by atomic mass is 10.1. The first-order chi connectivity index (χ1) is 10.3. The van der Waals surface area contributed by atoms with Crippen LogP contribution in [0.15, 0.2) is 48.8 Å². The minimum absolute atomic E-state index is 0.128. The molecule has 0 saturated carbocycles. The third-order valence-corrected chi connectivity index (χ3v) is 3.74. The van der Waals surface area contributed by atoms with Crippen LogP contribution >= 0.6 is 11.6 Å². The first-order valence-corrected chi connectivity index (χ1v) is 7.47. The number of aromatic nitrogens is 3. The van der Waals surface area contributed by atoms with E-state index in [0.717, 1.165) is 23.4 Å². The minimum atomic E-state index is 0.128. The van der Waals surface area contributed by atoms with Gasteiger partial charge in [0.1, 0.15) is 5.52 Å². The van der Waals surface area contributed by atoms with Crippen molar-refractivity contribution in [1.82, 2.24) is 14.6 Å². The molecule has 0 spiro atoms. The fraction of sp³-hybridized carbons (Fsp3) is 0.250. The second-order valence-corrected chi connectivity index (χ2v) is 5.39. The molecular formula is C16H17ClN4. The van der Waals surface area contributed by atoms with E-state index in [-0.39, 0.29) is 6.04 Å². The molecule has 0 aliphatic carbocycles. The molecule has 0 amide bonds. The molecule has 108 valence electrons. The highest BCUT2D eigenvalue weighted by Crippen LogP contribution is 2.17. The highest BCUT2D eigenvalue weighted by atomic mass is 35.5. The standard InChI is InChI=1S/C16H17ClN4/c1-12-9-15-16(18-7-8-21(15)20-12)19-14(11-17)10-13-5-3-2-4-6-13/h2-9,14H,10-11H2,1H3,(H,18,19). The molecule has 1 N–H and O–H groups in total. The van der Waals surface area contributed by atoms with E-state index in [1.165, 1.54) is 5.56 Å². The van der Waals surface area contributed by atoms with Gasteiger partial charge in [-0.3, -0.25) is 0 Å². The van der Waals surface area contributed by atoms with Crippen LogP contribution in [-0.4, -0.2) is 26.5 Å². The third-order valence-electron chi connectivity index (χ3n) is 3.36. The molecule has 3 rings (SSSR count). The Hall–Kier alpha value is -2.07. The number of anilines is 1. The first kappa shape index (κ1) is 13.9. The van der Waals surface area contributed by atoms with Gasteiger partial charge in [-0.1, -0.05) is 30.3 Å². The number of hydrogen-bond donors (Lipinski definition) is 1. The van der Waals surface area contributed by atoms with Gasteiger partial charge >= 0.3 is 0 Å². The van der Waals surface area contributed by atoms with Crippen molar-refractivity contribution in [1.29, 1.82) is 0 Å². The molecule has 0 aliphatic heterocycles. The van der Waals surface area contributed by atoms with Crippen LogP contribution in [-0.2, 0) is 6.42 Å². The summed E-state index contributed by atoms with van der Waals surface area (Å²) in [5.41, 5.74) is 3.20. The monoisotopic (exact) mass is 300 g/mol. The molecule has 3 aromatic rings. The maximum absolute atomic E-state index is 6.11. The largest absolute Gasteiger partial charge is 0.364 e. The molecule has 0 bridgehead atoms. The number of fused-ring (bicyclic) bond motifs is 1. The smallest absolute Gasteiger partial charge is 0.152 e. The summed E-state index contributed by atoms with van der Waals surface area (Å²) >= 11 is 6.11. The highest BCUT2D eigenvalue weighted by Gasteiger charge is 2.12. The third kappa shape index (κ3) is 3.16. The zero-order valence-corrected chi connectivity index (χ0v) is 12.6. The van der Waals surface area contributed by atoms with Crippen LogP contribution in [0.1, 0.15) is 11.3 Å². The normalized spacial score (nSPS) is 12.5. The van der Waals surface area contributed by atoms with Crippen molar-refractivity contribution in [3.8, 4) is 0 Å². The molecule has 0 aliphatic rings. The summed E-state index contributed by atoms with van der Waals surface area (Å²) in [5, 5.41) is 7.82. The van der Waals surface area contributed by atoms with Crippen LogP contribution in [0.5, 0.6) is 0 Å². The number of alkyl halides is 1. The van der Waals surface area contributed by atoms with Crippen molar-refractivity contribution in [2.24, 2.45) is 0 Å². The van der Waals surface area contributed by atoms with Gasteiger partial charge in [-0.25, -0.2) is 9.50 Å². The van der Waals surface area contributed by atoms with Gasteiger partial charge in [0, 0.05) is 24.3 Å². The number of rotatable bonds is 5. The minimum Gasteiger partial charge on any atom is -0.364 e. The second kappa shape index (κ2) is 6.14. The Balaban J connectivity index is 1.82. The van der Waals surface area contributed by atoms with Gasteiger partial charge in [-0.2, -0.15) is 5.10 Å². The van der Waals surface area contributed by atoms with E-state index in [9.17, 15) is 0 Å². The number of halogens is 1. The summed E-state index contributed by atoms with van der Waals surface area (Å²) in [6, 6.07) is 12.5. The lowest BCUT2D eigenvalue weighted by molar-refractivity contribution is 0.789. The van der Waals surface area contributed by atoms with Crippen molar-refractivity contribution in [2.75, 3.05) is 11.2 Å². The number of aryl methyl sites for hydroxylation is 1. The summed E-state index contributed by atoms with van der Waals surface area (Å²) in [7, 11) is 0. The van der Waals surface area contributed by atoms with E-state index in [4.69, 9.17) is 11.6 Å². The van der Waals surface area contributed by atoms with Gasteiger partial charge in [-0.05, 0) is 25.0 Å². The zero-order valence-electron chi connectivity index (χ0n) is 11.8. The van der Waals surface area contributed by atoms with Crippen LogP contribution in [0.4, 0.5) is 5.82 Å². The fourth-order valence-corrected chi connectivity index (χ4v) is 2.58. The lowest BCUT2D eigenvalue weighted by Crippen LogP contribution is -2.25. The molecule has 21 heavy (non-hydrogen) atoms. The maximum atomic E-state index is 6.11. The first-order valence-electron chi connectivity index (χ1n) is 6.93. The van der Waals surface area contributed by atoms with Crippen molar-refractivity contribution >= 4 is 22.9 Å². The zero-order chi connectivity index (χ0) is 14.7. The predicted octanol–water partition coefficient (Wildman–Crippen LogP) is 3.30. The molecule has 1 unspecified atom stereocenters. The van der Waals surface area contributed by atoms with Crippen LogP contribution in [0.25, 0.3) is 5.52 Å². The summed E-state index contributed by atoms with van der Waals surface area (Å²) in [4.78, 5) is 4.42. The predicted molar refractivity (Wildman–Crippen MR) is 86.0 cm³/mol. The maximum Gasteiger partial charge on any atom is 0.152 e. The average molecular weight is 301 g/mol. The highest BCUT2D eigenvalue weighted by molar-refractivity contribution is 6.18. The van der Waals surface area contributed by atoms with Crippen molar-refractivity contribution in [3.63, 3.8) is 0 Å². The van der Waals surface area contributed by atoms with Gasteiger partial charge in [-0.15, -0.1) is 11.6 Å². The molecule has 1 atom stereocenters. The summed E-state index contributed by atoms with van der Waals surface area (Å²) in [6.07, 6.45) is 4.45. The summed E-state index contributed by atoms with van der Waals surface area (Å²) in [5.74, 6) is 1.34. The van der Waals surface area contributed by atoms with E-state index < -0.39 is 0 Å². The van der Waals surface area contributed by atoms with Crippen LogP contribution < -0.4 is 5.32 Å². The second-order valence-electron chi connectivity index (χ2n) is 5.08. The van der Waals surface area contributed by atoms with E-state index in [2.05, 4.69) is 27.5 Å². The van der Waals surface area contributed by atoms with Crippen LogP contribution in [0.3, 0.4) is 0 Å². The summed E-state index contributed by atoms with van der Waals surface area (Å²) in [6.45, 7) is 1.97. The Labute approximate surface area is 128 Å². The molecule has 1 aromatic carbocycles. The molecule has 5 heteroatoms. The fourth-order valence-electron chi connectivity index (χ4n) is 2.39. The Morgan fingerprint density at radius 3 is 2.86 bits per heavy atom. The van der Waals surface area contributed by atoms with Gasteiger partial charge in [0.2, 0.25) is 0 Å². The lowest BCUT2D eigenvalue weighted by Gasteiger charge is -2.17. The number of nitrogens with zero attached hydrogens (tertiary/aromatic N) is 3. The Morgan fingerprint density at radius 1 is 1.29 bits per heavy atom. The van der Waals surface area contributed by atoms with Gasteiger partial charge < -0.3 is 5.32 Å². The molecule has 0 saturated heterocycles. The van der Waals surface area contributed by atoms with E-state index >= 15 is 0 Å². The van der Waals surface area contributed by atoms with Crippen LogP contribution in [0.2, 0.25) is 0 Å².